The first kappa shape index (κ1) is 16.5. The van der Waals surface area contributed by atoms with Gasteiger partial charge in [0.2, 0.25) is 5.56 Å². The van der Waals surface area contributed by atoms with Crippen molar-refractivity contribution in [1.29, 1.82) is 0 Å². The molecule has 1 saturated heterocycles. The number of benzene rings is 1. The molecule has 3 rings (SSSR count). The summed E-state index contributed by atoms with van der Waals surface area (Å²) < 4.78 is 0. The highest BCUT2D eigenvalue weighted by atomic mass is 35.5. The minimum absolute atomic E-state index is 0. The molecule has 1 aromatic carbocycles. The minimum Gasteiger partial charge on any atom is -0.337 e. The SMILES string of the molecule is CNC1CCCN(C(=O)c2cc(=O)[nH]c3ccccc23)C1.Cl. The monoisotopic (exact) mass is 321 g/mol. The van der Waals surface area contributed by atoms with Crippen molar-refractivity contribution in [3.63, 3.8) is 0 Å². The van der Waals surface area contributed by atoms with Gasteiger partial charge < -0.3 is 15.2 Å². The topological polar surface area (TPSA) is 65.2 Å². The van der Waals surface area contributed by atoms with E-state index in [-0.39, 0.29) is 23.9 Å². The molecule has 22 heavy (non-hydrogen) atoms. The van der Waals surface area contributed by atoms with Crippen LogP contribution in [0.15, 0.2) is 35.1 Å². The van der Waals surface area contributed by atoms with Gasteiger partial charge in [-0.1, -0.05) is 18.2 Å². The number of nitrogens with one attached hydrogen (secondary N) is 2. The number of likely N-dealkylation sites (N-methyl/N-ethyl adjacent to an activating group) is 1. The molecule has 118 valence electrons. The molecule has 0 saturated carbocycles. The molecule has 0 bridgehead atoms. The second kappa shape index (κ2) is 6.94. The van der Waals surface area contributed by atoms with Crippen LogP contribution in [-0.2, 0) is 0 Å². The number of para-hydroxylation sites is 1. The number of pyridine rings is 1. The molecule has 1 atom stereocenters. The van der Waals surface area contributed by atoms with Crippen LogP contribution >= 0.6 is 12.4 Å². The summed E-state index contributed by atoms with van der Waals surface area (Å²) in [6, 6.07) is 9.16. The van der Waals surface area contributed by atoms with Crippen molar-refractivity contribution in [3.8, 4) is 0 Å². The van der Waals surface area contributed by atoms with Crippen LogP contribution in [0.1, 0.15) is 23.2 Å². The van der Waals surface area contributed by atoms with E-state index in [0.29, 0.717) is 23.7 Å². The summed E-state index contributed by atoms with van der Waals surface area (Å²) >= 11 is 0. The average molecular weight is 322 g/mol. The molecule has 5 nitrogen and oxygen atoms in total. The fraction of sp³-hybridized carbons (Fsp3) is 0.375. The number of carbonyl (C=O) groups is 1. The van der Waals surface area contributed by atoms with E-state index < -0.39 is 0 Å². The Labute approximate surface area is 135 Å². The largest absolute Gasteiger partial charge is 0.337 e. The third kappa shape index (κ3) is 3.15. The van der Waals surface area contributed by atoms with Crippen LogP contribution in [0, 0.1) is 0 Å². The predicted molar refractivity (Wildman–Crippen MR) is 89.8 cm³/mol. The number of aromatic amines is 1. The Morgan fingerprint density at radius 3 is 2.91 bits per heavy atom. The molecule has 2 N–H and O–H groups in total. The fourth-order valence-corrected chi connectivity index (χ4v) is 2.95. The van der Waals surface area contributed by atoms with Gasteiger partial charge in [-0.15, -0.1) is 12.4 Å². The zero-order chi connectivity index (χ0) is 14.8. The molecule has 0 aliphatic carbocycles. The molecule has 1 unspecified atom stereocenters. The van der Waals surface area contributed by atoms with Crippen LogP contribution in [0.25, 0.3) is 10.9 Å². The highest BCUT2D eigenvalue weighted by Crippen LogP contribution is 2.19. The predicted octanol–water partition coefficient (Wildman–Crippen LogP) is 1.77. The van der Waals surface area contributed by atoms with Crippen molar-refractivity contribution in [1.82, 2.24) is 15.2 Å². The van der Waals surface area contributed by atoms with E-state index in [0.717, 1.165) is 24.8 Å². The first-order chi connectivity index (χ1) is 10.2. The van der Waals surface area contributed by atoms with E-state index in [1.54, 1.807) is 0 Å². The van der Waals surface area contributed by atoms with Crippen molar-refractivity contribution in [2.24, 2.45) is 0 Å². The Balaban J connectivity index is 0.00000176. The fourth-order valence-electron chi connectivity index (χ4n) is 2.95. The number of rotatable bonds is 2. The van der Waals surface area contributed by atoms with Crippen LogP contribution in [0.4, 0.5) is 0 Å². The zero-order valence-corrected chi connectivity index (χ0v) is 13.3. The van der Waals surface area contributed by atoms with E-state index >= 15 is 0 Å². The molecule has 0 spiro atoms. The summed E-state index contributed by atoms with van der Waals surface area (Å²) in [5, 5.41) is 4.03. The Morgan fingerprint density at radius 2 is 2.14 bits per heavy atom. The second-order valence-corrected chi connectivity index (χ2v) is 5.47. The summed E-state index contributed by atoms with van der Waals surface area (Å²) in [5.74, 6) is -0.0581. The number of H-pyrrole nitrogens is 1. The highest BCUT2D eigenvalue weighted by Gasteiger charge is 2.24. The van der Waals surface area contributed by atoms with E-state index in [9.17, 15) is 9.59 Å². The maximum atomic E-state index is 12.8. The molecular formula is C16H20ClN3O2. The van der Waals surface area contributed by atoms with Crippen molar-refractivity contribution in [3.05, 3.63) is 46.2 Å². The van der Waals surface area contributed by atoms with Gasteiger partial charge in [0.05, 0.1) is 5.56 Å². The van der Waals surface area contributed by atoms with Gasteiger partial charge in [0, 0.05) is 36.1 Å². The summed E-state index contributed by atoms with van der Waals surface area (Å²) in [7, 11) is 1.92. The van der Waals surface area contributed by atoms with Crippen molar-refractivity contribution < 1.29 is 4.79 Å². The number of piperidine rings is 1. The van der Waals surface area contributed by atoms with E-state index in [4.69, 9.17) is 0 Å². The Morgan fingerprint density at radius 1 is 1.36 bits per heavy atom. The quantitative estimate of drug-likeness (QED) is 0.886. The Kier molecular flexibility index (Phi) is 5.21. The summed E-state index contributed by atoms with van der Waals surface area (Å²) in [6.07, 6.45) is 2.06. The number of likely N-dealkylation sites (tertiary alicyclic amines) is 1. The normalized spacial score (nSPS) is 18.0. The lowest BCUT2D eigenvalue weighted by Crippen LogP contribution is -2.47. The minimum atomic E-state index is -0.237. The van der Waals surface area contributed by atoms with Crippen LogP contribution in [-0.4, -0.2) is 42.0 Å². The molecular weight excluding hydrogens is 302 g/mol. The van der Waals surface area contributed by atoms with Gasteiger partial charge >= 0.3 is 0 Å². The first-order valence-electron chi connectivity index (χ1n) is 7.27. The number of amides is 1. The maximum Gasteiger partial charge on any atom is 0.254 e. The number of carbonyl (C=O) groups excluding carboxylic acids is 1. The molecule has 1 aromatic heterocycles. The van der Waals surface area contributed by atoms with Gasteiger partial charge in [-0.2, -0.15) is 0 Å². The van der Waals surface area contributed by atoms with Crippen LogP contribution in [0.3, 0.4) is 0 Å². The van der Waals surface area contributed by atoms with Gasteiger partial charge in [0.1, 0.15) is 0 Å². The highest BCUT2D eigenvalue weighted by molar-refractivity contribution is 6.05. The molecule has 2 heterocycles. The molecule has 6 heteroatoms. The number of hydrogen-bond donors (Lipinski definition) is 2. The first-order valence-corrected chi connectivity index (χ1v) is 7.27. The van der Waals surface area contributed by atoms with Crippen molar-refractivity contribution >= 4 is 29.2 Å². The van der Waals surface area contributed by atoms with Gasteiger partial charge in [0.25, 0.3) is 5.91 Å². The van der Waals surface area contributed by atoms with Crippen LogP contribution in [0.5, 0.6) is 0 Å². The molecule has 1 aliphatic heterocycles. The molecule has 2 aromatic rings. The summed E-state index contributed by atoms with van der Waals surface area (Å²) in [5.41, 5.74) is 0.959. The molecule has 1 aliphatic rings. The van der Waals surface area contributed by atoms with E-state index in [1.165, 1.54) is 6.07 Å². The molecule has 0 radical (unpaired) electrons. The number of halogens is 1. The molecule has 1 fully saturated rings. The Hall–Kier alpha value is -1.85. The number of nitrogens with zero attached hydrogens (tertiary/aromatic N) is 1. The zero-order valence-electron chi connectivity index (χ0n) is 12.5. The van der Waals surface area contributed by atoms with Gasteiger partial charge in [0.15, 0.2) is 0 Å². The standard InChI is InChI=1S/C16H19N3O2.ClH/c1-17-11-5-4-8-19(10-11)16(21)13-9-15(20)18-14-7-3-2-6-12(13)14;/h2-3,6-7,9,11,17H,4-5,8,10H2,1H3,(H,18,20);1H. The summed E-state index contributed by atoms with van der Waals surface area (Å²) in [6.45, 7) is 1.44. The third-order valence-electron chi connectivity index (χ3n) is 4.10. The third-order valence-corrected chi connectivity index (χ3v) is 4.10. The van der Waals surface area contributed by atoms with Gasteiger partial charge in [-0.3, -0.25) is 9.59 Å². The lowest BCUT2D eigenvalue weighted by Gasteiger charge is -2.32. The lowest BCUT2D eigenvalue weighted by atomic mass is 10.0. The smallest absolute Gasteiger partial charge is 0.254 e. The van der Waals surface area contributed by atoms with E-state index in [1.807, 2.05) is 36.2 Å². The van der Waals surface area contributed by atoms with Crippen LogP contribution in [0.2, 0.25) is 0 Å². The van der Waals surface area contributed by atoms with Crippen molar-refractivity contribution in [2.45, 2.75) is 18.9 Å². The van der Waals surface area contributed by atoms with Gasteiger partial charge in [-0.05, 0) is 26.0 Å². The molecule has 1 amide bonds. The van der Waals surface area contributed by atoms with Crippen molar-refractivity contribution in [2.75, 3.05) is 20.1 Å². The second-order valence-electron chi connectivity index (χ2n) is 5.47. The maximum absolute atomic E-state index is 12.8. The number of hydrogen-bond acceptors (Lipinski definition) is 3. The average Bonchev–Trinajstić information content (AvgIpc) is 2.53. The lowest BCUT2D eigenvalue weighted by molar-refractivity contribution is 0.0700. The number of aromatic nitrogens is 1. The van der Waals surface area contributed by atoms with E-state index in [2.05, 4.69) is 10.3 Å². The van der Waals surface area contributed by atoms with Gasteiger partial charge in [-0.25, -0.2) is 0 Å². The summed E-state index contributed by atoms with van der Waals surface area (Å²) in [4.78, 5) is 29.2. The number of fused-ring (bicyclic) bond motifs is 1. The Bertz CT molecular complexity index is 729. The van der Waals surface area contributed by atoms with Crippen LogP contribution < -0.4 is 10.9 Å².